The minimum Gasteiger partial charge on any atom is -0.284 e. The van der Waals surface area contributed by atoms with Crippen LogP contribution in [0.25, 0.3) is 0 Å². The van der Waals surface area contributed by atoms with E-state index in [1.807, 2.05) is 0 Å². The Morgan fingerprint density at radius 2 is 1.68 bits per heavy atom. The summed E-state index contributed by atoms with van der Waals surface area (Å²) in [5.41, 5.74) is -3.61. The average molecular weight is 299 g/mol. The highest BCUT2D eigenvalue weighted by Gasteiger charge is 2.41. The zero-order valence-corrected chi connectivity index (χ0v) is 9.36. The molecule has 102 valence electrons. The van der Waals surface area contributed by atoms with Crippen LogP contribution in [-0.4, -0.2) is 21.8 Å². The van der Waals surface area contributed by atoms with Gasteiger partial charge in [0.25, 0.3) is 5.78 Å². The molecule has 7 nitrogen and oxygen atoms in total. The van der Waals surface area contributed by atoms with Crippen molar-refractivity contribution in [2.24, 2.45) is 0 Å². The zero-order valence-electron chi connectivity index (χ0n) is 8.60. The topological polar surface area (TPSA) is 103 Å². The minimum absolute atomic E-state index is 0.167. The first-order valence-corrected chi connectivity index (χ1v) is 4.67. The summed E-state index contributed by atoms with van der Waals surface area (Å²) in [6.07, 6.45) is -5.27. The Bertz CT molecular complexity index is 586. The molecule has 0 aliphatic rings. The predicted molar refractivity (Wildman–Crippen MR) is 55.1 cm³/mol. The molecule has 0 saturated carbocycles. The second kappa shape index (κ2) is 4.80. The summed E-state index contributed by atoms with van der Waals surface area (Å²) in [6, 6.07) is 0.530. The second-order valence-corrected chi connectivity index (χ2v) is 3.57. The maximum Gasteiger partial charge on any atom is 0.454 e. The first-order valence-electron chi connectivity index (χ1n) is 4.29. The Morgan fingerprint density at radius 3 is 2.05 bits per heavy atom. The fraction of sp³-hybridized carbons (Fsp3) is 0.125. The van der Waals surface area contributed by atoms with Crippen molar-refractivity contribution in [3.8, 4) is 0 Å². The summed E-state index contributed by atoms with van der Waals surface area (Å²) < 4.78 is 36.5. The number of nitrogens with zero attached hydrogens (tertiary/aromatic N) is 2. The number of benzene rings is 1. The smallest absolute Gasteiger partial charge is 0.284 e. The number of alkyl halides is 3. The lowest BCUT2D eigenvalue weighted by molar-refractivity contribution is -0.422. The lowest BCUT2D eigenvalue weighted by atomic mass is 10.1. The number of hydrogen-bond acceptors (Lipinski definition) is 5. The molecule has 0 radical (unpaired) electrons. The number of nitro groups is 2. The molecule has 11 heteroatoms. The third-order valence-electron chi connectivity index (χ3n) is 1.94. The van der Waals surface area contributed by atoms with E-state index in [0.29, 0.717) is 6.07 Å². The molecule has 0 spiro atoms. The molecule has 19 heavy (non-hydrogen) atoms. The highest BCUT2D eigenvalue weighted by atomic mass is 35.5. The summed E-state index contributed by atoms with van der Waals surface area (Å²) in [6.45, 7) is 0. The van der Waals surface area contributed by atoms with Gasteiger partial charge in [-0.25, -0.2) is 0 Å². The SMILES string of the molecule is O=C(c1cc(Cl)c([N+](=O)[O-])c([N+](=O)[O-])c1)C(F)(F)F. The van der Waals surface area contributed by atoms with E-state index in [1.165, 1.54) is 0 Å². The molecule has 0 unspecified atom stereocenters. The van der Waals surface area contributed by atoms with Crippen LogP contribution in [0.15, 0.2) is 12.1 Å². The third-order valence-corrected chi connectivity index (χ3v) is 2.23. The van der Waals surface area contributed by atoms with Crippen molar-refractivity contribution in [2.75, 3.05) is 0 Å². The first kappa shape index (κ1) is 14.8. The molecule has 1 aromatic rings. The second-order valence-electron chi connectivity index (χ2n) is 3.17. The van der Waals surface area contributed by atoms with Gasteiger partial charge in [0.2, 0.25) is 0 Å². The number of halogens is 4. The average Bonchev–Trinajstić information content (AvgIpc) is 2.24. The molecule has 0 heterocycles. The van der Waals surface area contributed by atoms with Crippen molar-refractivity contribution in [1.82, 2.24) is 0 Å². The van der Waals surface area contributed by atoms with Crippen molar-refractivity contribution in [2.45, 2.75) is 6.18 Å². The Kier molecular flexibility index (Phi) is 3.75. The number of rotatable bonds is 3. The van der Waals surface area contributed by atoms with Gasteiger partial charge < -0.3 is 0 Å². The van der Waals surface area contributed by atoms with Crippen molar-refractivity contribution < 1.29 is 27.8 Å². The van der Waals surface area contributed by atoms with E-state index in [1.54, 1.807) is 0 Å². The highest BCUT2D eigenvalue weighted by Crippen LogP contribution is 2.37. The van der Waals surface area contributed by atoms with Crippen molar-refractivity contribution in [3.63, 3.8) is 0 Å². The van der Waals surface area contributed by atoms with Crippen LogP contribution in [0.2, 0.25) is 5.02 Å². The van der Waals surface area contributed by atoms with E-state index in [0.717, 1.165) is 0 Å². The largest absolute Gasteiger partial charge is 0.454 e. The molecule has 0 aromatic heterocycles. The number of Topliss-reactive ketones (excluding diaryl/α,β-unsaturated/α-hetero) is 1. The van der Waals surface area contributed by atoms with Crippen molar-refractivity contribution >= 4 is 28.8 Å². The maximum atomic E-state index is 12.2. The zero-order chi connectivity index (χ0) is 15.0. The molecule has 0 amide bonds. The van der Waals surface area contributed by atoms with Gasteiger partial charge in [0, 0.05) is 11.6 Å². The summed E-state index contributed by atoms with van der Waals surface area (Å²) in [5, 5.41) is 20.2. The highest BCUT2D eigenvalue weighted by molar-refractivity contribution is 6.33. The van der Waals surface area contributed by atoms with Crippen LogP contribution in [0, 0.1) is 20.2 Å². The van der Waals surface area contributed by atoms with E-state index >= 15 is 0 Å². The van der Waals surface area contributed by atoms with Crippen LogP contribution in [0.3, 0.4) is 0 Å². The molecule has 0 bridgehead atoms. The maximum absolute atomic E-state index is 12.2. The number of ketones is 1. The van der Waals surface area contributed by atoms with Crippen LogP contribution < -0.4 is 0 Å². The van der Waals surface area contributed by atoms with Gasteiger partial charge in [-0.15, -0.1) is 0 Å². The molecule has 1 aromatic carbocycles. The first-order chi connectivity index (χ1) is 8.55. The van der Waals surface area contributed by atoms with Crippen molar-refractivity contribution in [3.05, 3.63) is 42.9 Å². The van der Waals surface area contributed by atoms with E-state index < -0.39 is 43.8 Å². The van der Waals surface area contributed by atoms with E-state index in [2.05, 4.69) is 0 Å². The number of carbonyl (C=O) groups excluding carboxylic acids is 1. The lowest BCUT2D eigenvalue weighted by Crippen LogP contribution is -2.22. The number of carbonyl (C=O) groups is 1. The molecule has 0 aliphatic carbocycles. The number of hydrogen-bond donors (Lipinski definition) is 0. The van der Waals surface area contributed by atoms with Gasteiger partial charge in [-0.3, -0.25) is 25.0 Å². The summed E-state index contributed by atoms with van der Waals surface area (Å²) >= 11 is 5.30. The van der Waals surface area contributed by atoms with E-state index in [4.69, 9.17) is 11.6 Å². The molecule has 1 rings (SSSR count). The standard InChI is InChI=1S/C8H2ClF3N2O5/c9-4-1-3(7(15)8(10,11)12)2-5(13(16)17)6(4)14(18)19/h1-2H. The van der Waals surface area contributed by atoms with Gasteiger partial charge >= 0.3 is 17.6 Å². The van der Waals surface area contributed by atoms with Crippen LogP contribution in [0.5, 0.6) is 0 Å². The van der Waals surface area contributed by atoms with Crippen molar-refractivity contribution in [1.29, 1.82) is 0 Å². The molecular formula is C8H2ClF3N2O5. The third kappa shape index (κ3) is 2.96. The Morgan fingerprint density at radius 1 is 1.16 bits per heavy atom. The van der Waals surface area contributed by atoms with Crippen LogP contribution in [0.4, 0.5) is 24.5 Å². The van der Waals surface area contributed by atoms with Gasteiger partial charge in [0.1, 0.15) is 5.02 Å². The van der Waals surface area contributed by atoms with Gasteiger partial charge in [-0.1, -0.05) is 11.6 Å². The van der Waals surface area contributed by atoms with Crippen LogP contribution >= 0.6 is 11.6 Å². The Balaban J connectivity index is 3.54. The fourth-order valence-electron chi connectivity index (χ4n) is 1.20. The molecule has 0 N–H and O–H groups in total. The van der Waals surface area contributed by atoms with Gasteiger partial charge in [0.15, 0.2) is 0 Å². The Labute approximate surface area is 106 Å². The molecule has 0 atom stereocenters. The molecular weight excluding hydrogens is 297 g/mol. The van der Waals surface area contributed by atoms with E-state index in [-0.39, 0.29) is 6.07 Å². The van der Waals surface area contributed by atoms with Gasteiger partial charge in [-0.2, -0.15) is 13.2 Å². The van der Waals surface area contributed by atoms with Gasteiger partial charge in [0.05, 0.1) is 9.85 Å². The summed E-state index contributed by atoms with van der Waals surface area (Å²) in [5.74, 6) is -2.38. The van der Waals surface area contributed by atoms with E-state index in [9.17, 15) is 38.2 Å². The predicted octanol–water partition coefficient (Wildman–Crippen LogP) is 2.90. The van der Waals surface area contributed by atoms with Crippen LogP contribution in [0.1, 0.15) is 10.4 Å². The quantitative estimate of drug-likeness (QED) is 0.485. The van der Waals surface area contributed by atoms with Crippen LogP contribution in [-0.2, 0) is 0 Å². The Hall–Kier alpha value is -2.23. The molecule has 0 aliphatic heterocycles. The normalized spacial score (nSPS) is 11.2. The lowest BCUT2D eigenvalue weighted by Gasteiger charge is -2.05. The molecule has 0 saturated heterocycles. The van der Waals surface area contributed by atoms with Gasteiger partial charge in [-0.05, 0) is 6.07 Å². The summed E-state index contributed by atoms with van der Waals surface area (Å²) in [4.78, 5) is 29.5. The minimum atomic E-state index is -5.27. The number of nitro benzene ring substituents is 2. The monoisotopic (exact) mass is 298 g/mol. The fourth-order valence-corrected chi connectivity index (χ4v) is 1.48. The summed E-state index contributed by atoms with van der Waals surface area (Å²) in [7, 11) is 0. The molecule has 0 fully saturated rings.